The SMILES string of the molecule is CN1C(=O)[C@@](c2ccccc2)(c2ccc(OC(F)F)c(CN)c2)N=C1N. The third-order valence-corrected chi connectivity index (χ3v) is 4.35. The molecule has 0 aromatic heterocycles. The lowest BCUT2D eigenvalue weighted by atomic mass is 9.82. The normalized spacial score (nSPS) is 19.8. The average molecular weight is 360 g/mol. The first-order chi connectivity index (χ1) is 12.4. The summed E-state index contributed by atoms with van der Waals surface area (Å²) in [4.78, 5) is 18.7. The van der Waals surface area contributed by atoms with Gasteiger partial charge in [0.1, 0.15) is 5.75 Å². The maximum Gasteiger partial charge on any atom is 0.387 e. The number of guanidine groups is 1. The monoisotopic (exact) mass is 360 g/mol. The summed E-state index contributed by atoms with van der Waals surface area (Å²) in [5, 5.41) is 0. The molecule has 0 radical (unpaired) electrons. The lowest BCUT2D eigenvalue weighted by Crippen LogP contribution is -2.41. The van der Waals surface area contributed by atoms with E-state index < -0.39 is 12.2 Å². The van der Waals surface area contributed by atoms with E-state index in [1.165, 1.54) is 24.1 Å². The van der Waals surface area contributed by atoms with Crippen molar-refractivity contribution in [2.75, 3.05) is 7.05 Å². The van der Waals surface area contributed by atoms with E-state index in [1.807, 2.05) is 6.07 Å². The molecule has 4 N–H and O–H groups in total. The summed E-state index contributed by atoms with van der Waals surface area (Å²) in [6.45, 7) is -3.01. The van der Waals surface area contributed by atoms with E-state index >= 15 is 0 Å². The Hall–Kier alpha value is -3.00. The van der Waals surface area contributed by atoms with Crippen molar-refractivity contribution < 1.29 is 18.3 Å². The molecule has 8 heteroatoms. The van der Waals surface area contributed by atoms with Crippen LogP contribution >= 0.6 is 0 Å². The number of nitrogens with two attached hydrogens (primary N) is 2. The number of rotatable bonds is 5. The zero-order chi connectivity index (χ0) is 18.9. The van der Waals surface area contributed by atoms with E-state index in [4.69, 9.17) is 11.5 Å². The van der Waals surface area contributed by atoms with Crippen molar-refractivity contribution in [2.45, 2.75) is 18.7 Å². The lowest BCUT2D eigenvalue weighted by molar-refractivity contribution is -0.129. The lowest BCUT2D eigenvalue weighted by Gasteiger charge is -2.27. The van der Waals surface area contributed by atoms with Gasteiger partial charge in [0, 0.05) is 19.2 Å². The number of carbonyl (C=O) groups is 1. The number of aliphatic imine (C=N–C) groups is 1. The molecule has 0 saturated carbocycles. The van der Waals surface area contributed by atoms with Gasteiger partial charge >= 0.3 is 6.61 Å². The largest absolute Gasteiger partial charge is 0.434 e. The van der Waals surface area contributed by atoms with Gasteiger partial charge in [0.05, 0.1) is 0 Å². The minimum absolute atomic E-state index is 0.0368. The van der Waals surface area contributed by atoms with E-state index in [1.54, 1.807) is 30.3 Å². The molecular formula is C18H18F2N4O2. The molecule has 0 fully saturated rings. The van der Waals surface area contributed by atoms with Crippen LogP contribution in [-0.2, 0) is 16.9 Å². The van der Waals surface area contributed by atoms with Crippen LogP contribution in [0.25, 0.3) is 0 Å². The summed E-state index contributed by atoms with van der Waals surface area (Å²) < 4.78 is 29.7. The van der Waals surface area contributed by atoms with E-state index in [2.05, 4.69) is 9.73 Å². The van der Waals surface area contributed by atoms with Crippen molar-refractivity contribution in [3.05, 3.63) is 65.2 Å². The van der Waals surface area contributed by atoms with Gasteiger partial charge in [-0.1, -0.05) is 36.4 Å². The van der Waals surface area contributed by atoms with Crippen LogP contribution in [0.2, 0.25) is 0 Å². The summed E-state index contributed by atoms with van der Waals surface area (Å²) in [7, 11) is 1.53. The molecule has 0 spiro atoms. The molecule has 2 aromatic rings. The van der Waals surface area contributed by atoms with Crippen molar-refractivity contribution in [1.29, 1.82) is 0 Å². The molecule has 1 aliphatic rings. The second kappa shape index (κ2) is 6.72. The van der Waals surface area contributed by atoms with Gasteiger partial charge in [0.25, 0.3) is 5.91 Å². The predicted molar refractivity (Wildman–Crippen MR) is 92.6 cm³/mol. The number of carbonyl (C=O) groups excluding carboxylic acids is 1. The van der Waals surface area contributed by atoms with Gasteiger partial charge in [-0.2, -0.15) is 8.78 Å². The van der Waals surface area contributed by atoms with Crippen LogP contribution in [0.15, 0.2) is 53.5 Å². The van der Waals surface area contributed by atoms with Gasteiger partial charge in [-0.15, -0.1) is 0 Å². The maximum absolute atomic E-state index is 13.0. The first-order valence-electron chi connectivity index (χ1n) is 7.87. The maximum atomic E-state index is 13.0. The quantitative estimate of drug-likeness (QED) is 0.850. The third-order valence-electron chi connectivity index (χ3n) is 4.35. The number of alkyl halides is 2. The van der Waals surface area contributed by atoms with Crippen molar-refractivity contribution in [2.24, 2.45) is 16.5 Å². The number of ether oxygens (including phenoxy) is 1. The highest BCUT2D eigenvalue weighted by Gasteiger charge is 2.49. The second-order valence-corrected chi connectivity index (χ2v) is 5.82. The molecule has 2 aromatic carbocycles. The number of nitrogens with zero attached hydrogens (tertiary/aromatic N) is 2. The molecule has 1 atom stereocenters. The third kappa shape index (κ3) is 2.78. The zero-order valence-electron chi connectivity index (χ0n) is 14.0. The van der Waals surface area contributed by atoms with Crippen LogP contribution in [-0.4, -0.2) is 30.4 Å². The van der Waals surface area contributed by atoms with Crippen molar-refractivity contribution in [3.63, 3.8) is 0 Å². The van der Waals surface area contributed by atoms with Crippen LogP contribution < -0.4 is 16.2 Å². The summed E-state index contributed by atoms with van der Waals surface area (Å²) in [5.41, 5.74) is 11.6. The van der Waals surface area contributed by atoms with Crippen molar-refractivity contribution in [3.8, 4) is 5.75 Å². The smallest absolute Gasteiger partial charge is 0.387 e. The van der Waals surface area contributed by atoms with Crippen LogP contribution in [0.5, 0.6) is 5.75 Å². The van der Waals surface area contributed by atoms with Crippen molar-refractivity contribution >= 4 is 11.9 Å². The molecule has 0 aliphatic carbocycles. The summed E-state index contributed by atoms with van der Waals surface area (Å²) >= 11 is 0. The number of benzene rings is 2. The minimum atomic E-state index is -2.97. The Morgan fingerprint density at radius 3 is 2.42 bits per heavy atom. The molecule has 0 saturated heterocycles. The number of hydrogen-bond donors (Lipinski definition) is 2. The fraction of sp³-hybridized carbons (Fsp3) is 0.222. The zero-order valence-corrected chi connectivity index (χ0v) is 14.0. The Kier molecular flexibility index (Phi) is 4.60. The summed E-state index contributed by atoms with van der Waals surface area (Å²) in [5.74, 6) is -0.307. The van der Waals surface area contributed by atoms with E-state index in [-0.39, 0.29) is 24.2 Å². The molecule has 0 unspecified atom stereocenters. The average Bonchev–Trinajstić information content (AvgIpc) is 2.87. The number of likely N-dealkylation sites (N-methyl/N-ethyl adjacent to an activating group) is 1. The van der Waals surface area contributed by atoms with E-state index in [9.17, 15) is 13.6 Å². The Bertz CT molecular complexity index is 858. The van der Waals surface area contributed by atoms with Gasteiger partial charge in [0.2, 0.25) is 0 Å². The molecule has 6 nitrogen and oxygen atoms in total. The highest BCUT2D eigenvalue weighted by atomic mass is 19.3. The molecule has 1 aliphatic heterocycles. The standard InChI is InChI=1S/C18H18F2N4O2/c1-24-15(25)18(23-17(24)22,12-5-3-2-4-6-12)13-7-8-14(26-16(19)20)11(9-13)10-21/h2-9,16H,10,21H2,1H3,(H2,22,23)/t18-/m1/s1. The summed E-state index contributed by atoms with van der Waals surface area (Å²) in [6.07, 6.45) is 0. The first kappa shape index (κ1) is 17.8. The van der Waals surface area contributed by atoms with Crippen LogP contribution in [0.1, 0.15) is 16.7 Å². The van der Waals surface area contributed by atoms with E-state index in [0.717, 1.165) is 0 Å². The van der Waals surface area contributed by atoms with Crippen LogP contribution in [0, 0.1) is 0 Å². The fourth-order valence-corrected chi connectivity index (χ4v) is 3.04. The molecule has 26 heavy (non-hydrogen) atoms. The molecule has 1 amide bonds. The van der Waals surface area contributed by atoms with Gasteiger partial charge in [-0.25, -0.2) is 4.99 Å². The van der Waals surface area contributed by atoms with E-state index in [0.29, 0.717) is 16.7 Å². The molecule has 0 bridgehead atoms. The second-order valence-electron chi connectivity index (χ2n) is 5.82. The number of halogens is 2. The highest BCUT2D eigenvalue weighted by Crippen LogP contribution is 2.40. The Balaban J connectivity index is 2.20. The number of amides is 1. The van der Waals surface area contributed by atoms with Crippen molar-refractivity contribution in [1.82, 2.24) is 4.90 Å². The topological polar surface area (TPSA) is 93.9 Å². The highest BCUT2D eigenvalue weighted by molar-refractivity contribution is 6.08. The molecular weight excluding hydrogens is 342 g/mol. The summed E-state index contributed by atoms with van der Waals surface area (Å²) in [6, 6.07) is 13.4. The van der Waals surface area contributed by atoms with Gasteiger partial charge in [-0.3, -0.25) is 9.69 Å². The minimum Gasteiger partial charge on any atom is -0.434 e. The molecule has 1 heterocycles. The van der Waals surface area contributed by atoms with Crippen LogP contribution in [0.3, 0.4) is 0 Å². The predicted octanol–water partition coefficient (Wildman–Crippen LogP) is 1.78. The van der Waals surface area contributed by atoms with Crippen LogP contribution in [0.4, 0.5) is 8.78 Å². The Labute approximate surface area is 149 Å². The Morgan fingerprint density at radius 1 is 1.19 bits per heavy atom. The molecule has 3 rings (SSSR count). The van der Waals surface area contributed by atoms with Gasteiger partial charge in [-0.05, 0) is 23.3 Å². The molecule has 136 valence electrons. The fourth-order valence-electron chi connectivity index (χ4n) is 3.04. The van der Waals surface area contributed by atoms with Gasteiger partial charge in [0.15, 0.2) is 11.5 Å². The van der Waals surface area contributed by atoms with Gasteiger partial charge < -0.3 is 16.2 Å². The first-order valence-corrected chi connectivity index (χ1v) is 7.87. The number of hydrogen-bond acceptors (Lipinski definition) is 5. The Morgan fingerprint density at radius 2 is 1.88 bits per heavy atom.